The highest BCUT2D eigenvalue weighted by atomic mass is 32.1. The van der Waals surface area contributed by atoms with Crippen molar-refractivity contribution >= 4 is 17.4 Å². The number of alkyl halides is 6. The molecule has 1 atom stereocenters. The van der Waals surface area contributed by atoms with Crippen molar-refractivity contribution in [1.82, 2.24) is 9.88 Å². The molecule has 1 amide bonds. The number of amides is 1. The van der Waals surface area contributed by atoms with Crippen LogP contribution in [-0.2, 0) is 16.7 Å². The van der Waals surface area contributed by atoms with Gasteiger partial charge in [-0.2, -0.15) is 30.7 Å². The van der Waals surface area contributed by atoms with E-state index in [0.29, 0.717) is 22.6 Å². The molecule has 2 aromatic rings. The molecule has 1 saturated heterocycles. The van der Waals surface area contributed by atoms with Crippen LogP contribution in [0.2, 0.25) is 0 Å². The maximum atomic E-state index is 14.5. The van der Waals surface area contributed by atoms with Crippen molar-refractivity contribution in [2.24, 2.45) is 11.1 Å². The lowest BCUT2D eigenvalue weighted by Crippen LogP contribution is -2.70. The first kappa shape index (κ1) is 28.2. The second-order valence-corrected chi connectivity index (χ2v) is 10.6. The zero-order chi connectivity index (χ0) is 27.2. The number of rotatable bonds is 7. The molecule has 0 radical (unpaired) electrons. The molecule has 200 valence electrons. The number of nitrogens with zero attached hydrogens (tertiary/aromatic N) is 2. The van der Waals surface area contributed by atoms with Crippen molar-refractivity contribution in [2.45, 2.75) is 63.5 Å². The highest BCUT2D eigenvalue weighted by Gasteiger charge is 2.83. The molecule has 2 aromatic heterocycles. The van der Waals surface area contributed by atoms with E-state index in [4.69, 9.17) is 5.73 Å². The second kappa shape index (κ2) is 9.47. The molecular formula is C23H26F7N3O2S. The molecule has 13 heteroatoms. The fourth-order valence-corrected chi connectivity index (χ4v) is 5.74. The number of aryl methyl sites for hydroxylation is 2. The van der Waals surface area contributed by atoms with Crippen molar-refractivity contribution in [3.05, 3.63) is 51.7 Å². The van der Waals surface area contributed by atoms with E-state index in [9.17, 15) is 35.5 Å². The predicted molar refractivity (Wildman–Crippen MR) is 119 cm³/mol. The number of hydrogen-bond acceptors (Lipinski definition) is 5. The summed E-state index contributed by atoms with van der Waals surface area (Å²) in [5.41, 5.74) is -2.45. The number of aromatic nitrogens is 1. The molecule has 1 unspecified atom stereocenters. The van der Waals surface area contributed by atoms with E-state index in [-0.39, 0.29) is 17.8 Å². The summed E-state index contributed by atoms with van der Waals surface area (Å²) in [4.78, 5) is 17.5. The topological polar surface area (TPSA) is 68.5 Å². The van der Waals surface area contributed by atoms with Crippen molar-refractivity contribution in [1.29, 1.82) is 0 Å². The molecule has 1 aliphatic heterocycles. The van der Waals surface area contributed by atoms with Gasteiger partial charge < -0.3 is 10.5 Å². The lowest BCUT2D eigenvalue weighted by atomic mass is 9.66. The molecule has 3 heterocycles. The molecule has 1 aliphatic rings. The molecule has 1 fully saturated rings. The Bertz CT molecular complexity index is 1070. The summed E-state index contributed by atoms with van der Waals surface area (Å²) in [7, 11) is 0. The Labute approximate surface area is 207 Å². The zero-order valence-electron chi connectivity index (χ0n) is 19.8. The second-order valence-electron chi connectivity index (χ2n) is 9.50. The first-order valence-electron chi connectivity index (χ1n) is 11.0. The van der Waals surface area contributed by atoms with E-state index < -0.39 is 59.5 Å². The number of nitrogens with two attached hydrogens (primary N) is 1. The van der Waals surface area contributed by atoms with Gasteiger partial charge in [0.15, 0.2) is 5.13 Å². The molecule has 3 rings (SSSR count). The van der Waals surface area contributed by atoms with Gasteiger partial charge in [0, 0.05) is 34.3 Å². The molecule has 0 saturated carbocycles. The molecule has 0 aromatic carbocycles. The maximum Gasteiger partial charge on any atom is 0.438 e. The Hall–Kier alpha value is -2.41. The van der Waals surface area contributed by atoms with Crippen LogP contribution >= 0.6 is 11.3 Å². The van der Waals surface area contributed by atoms with Crippen LogP contribution in [0.4, 0.5) is 35.5 Å². The van der Waals surface area contributed by atoms with E-state index in [1.807, 2.05) is 0 Å². The van der Waals surface area contributed by atoms with Gasteiger partial charge in [-0.3, -0.25) is 9.88 Å². The van der Waals surface area contributed by atoms with E-state index in [0.717, 1.165) is 6.07 Å². The van der Waals surface area contributed by atoms with E-state index in [2.05, 4.69) is 9.72 Å². The Morgan fingerprint density at radius 1 is 1.14 bits per heavy atom. The summed E-state index contributed by atoms with van der Waals surface area (Å²) in [6.07, 6.45) is -14.3. The van der Waals surface area contributed by atoms with Crippen LogP contribution in [0.15, 0.2) is 30.5 Å². The first-order chi connectivity index (χ1) is 16.4. The normalized spacial score (nSPS) is 20.1. The van der Waals surface area contributed by atoms with Crippen LogP contribution in [-0.4, -0.2) is 47.0 Å². The number of primary amides is 1. The average molecular weight is 542 g/mol. The van der Waals surface area contributed by atoms with Gasteiger partial charge in [0.25, 0.3) is 0 Å². The van der Waals surface area contributed by atoms with E-state index >= 15 is 0 Å². The van der Waals surface area contributed by atoms with Gasteiger partial charge in [-0.1, -0.05) is 6.07 Å². The monoisotopic (exact) mass is 541 g/mol. The van der Waals surface area contributed by atoms with Crippen molar-refractivity contribution in [3.63, 3.8) is 0 Å². The van der Waals surface area contributed by atoms with Crippen LogP contribution in [0.5, 0.6) is 0 Å². The Balaban J connectivity index is 2.14. The smallest absolute Gasteiger partial charge is 0.423 e. The lowest BCUT2D eigenvalue weighted by Gasteiger charge is -2.49. The van der Waals surface area contributed by atoms with Gasteiger partial charge in [-0.05, 0) is 70.3 Å². The third-order valence-electron chi connectivity index (χ3n) is 7.04. The summed E-state index contributed by atoms with van der Waals surface area (Å²) in [5.74, 6) is 0. The van der Waals surface area contributed by atoms with Crippen LogP contribution in [0.3, 0.4) is 0 Å². The Morgan fingerprint density at radius 3 is 2.25 bits per heavy atom. The van der Waals surface area contributed by atoms with Crippen LogP contribution in [0, 0.1) is 17.5 Å². The van der Waals surface area contributed by atoms with Gasteiger partial charge in [0.2, 0.25) is 0 Å². The highest BCUT2D eigenvalue weighted by Crippen LogP contribution is 2.61. The summed E-state index contributed by atoms with van der Waals surface area (Å²) in [5, 5.41) is -0.619. The molecule has 36 heavy (non-hydrogen) atoms. The SMILES string of the molecule is Cc1ccc(C(C)(C)N2CCC(CCc3ccc(F)s3)(C(OC(N)=O)(C(F)(F)F)C(F)(F)F)C2)cn1. The van der Waals surface area contributed by atoms with E-state index in [1.165, 1.54) is 17.2 Å². The number of pyridine rings is 1. The minimum absolute atomic E-state index is 0.157. The lowest BCUT2D eigenvalue weighted by molar-refractivity contribution is -0.399. The number of thiophene rings is 1. The quantitative estimate of drug-likeness (QED) is 0.430. The first-order valence-corrected chi connectivity index (χ1v) is 11.8. The average Bonchev–Trinajstić information content (AvgIpc) is 3.36. The predicted octanol–water partition coefficient (Wildman–Crippen LogP) is 6.11. The van der Waals surface area contributed by atoms with Crippen molar-refractivity contribution in [3.8, 4) is 0 Å². The zero-order valence-corrected chi connectivity index (χ0v) is 20.6. The summed E-state index contributed by atoms with van der Waals surface area (Å²) < 4.78 is 105. The number of hydrogen-bond donors (Lipinski definition) is 1. The van der Waals surface area contributed by atoms with Crippen LogP contribution in [0.25, 0.3) is 0 Å². The number of ether oxygens (including phenoxy) is 1. The molecule has 0 spiro atoms. The third kappa shape index (κ3) is 4.91. The maximum absolute atomic E-state index is 14.5. The van der Waals surface area contributed by atoms with Crippen LogP contribution in [0.1, 0.15) is 42.8 Å². The molecule has 0 bridgehead atoms. The number of carbonyl (C=O) groups excluding carboxylic acids is 1. The largest absolute Gasteiger partial charge is 0.438 e. The minimum Gasteiger partial charge on any atom is -0.423 e. The molecular weight excluding hydrogens is 515 g/mol. The van der Waals surface area contributed by atoms with Gasteiger partial charge >= 0.3 is 24.0 Å². The fourth-order valence-electron chi connectivity index (χ4n) is 5.01. The summed E-state index contributed by atoms with van der Waals surface area (Å²) in [6.45, 7) is 4.21. The molecule has 2 N–H and O–H groups in total. The van der Waals surface area contributed by atoms with Gasteiger partial charge in [0.05, 0.1) is 0 Å². The minimum atomic E-state index is -6.04. The standard InChI is InChI=1S/C23H26F7N3O2S/c1-14-4-5-15(12-32-14)19(2,3)33-11-10-20(13-33,9-8-16-6-7-17(24)36-16)21(22(25,26)27,23(28,29)30)35-18(31)34/h4-7,12H,8-11,13H2,1-3H3,(H2,31,34). The van der Waals surface area contributed by atoms with Crippen molar-refractivity contribution in [2.75, 3.05) is 13.1 Å². The van der Waals surface area contributed by atoms with Gasteiger partial charge in [0.1, 0.15) is 0 Å². The van der Waals surface area contributed by atoms with E-state index in [1.54, 1.807) is 32.9 Å². The highest BCUT2D eigenvalue weighted by molar-refractivity contribution is 7.10. The van der Waals surface area contributed by atoms with Crippen molar-refractivity contribution < 1.29 is 40.3 Å². The summed E-state index contributed by atoms with van der Waals surface area (Å²) >= 11 is 0.630. The fraction of sp³-hybridized carbons (Fsp3) is 0.565. The molecule has 5 nitrogen and oxygen atoms in total. The summed E-state index contributed by atoms with van der Waals surface area (Å²) in [6, 6.07) is 5.79. The number of likely N-dealkylation sites (tertiary alicyclic amines) is 1. The van der Waals surface area contributed by atoms with Gasteiger partial charge in [-0.15, -0.1) is 11.3 Å². The number of halogens is 7. The number of carbonyl (C=O) groups is 1. The Morgan fingerprint density at radius 2 is 1.78 bits per heavy atom. The third-order valence-corrected chi connectivity index (χ3v) is 7.97. The molecule has 0 aliphatic carbocycles. The van der Waals surface area contributed by atoms with Crippen LogP contribution < -0.4 is 5.73 Å². The Kier molecular flexibility index (Phi) is 7.41. The van der Waals surface area contributed by atoms with Gasteiger partial charge in [-0.25, -0.2) is 4.79 Å².